The van der Waals surface area contributed by atoms with Crippen molar-refractivity contribution in [1.29, 1.82) is 0 Å². The van der Waals surface area contributed by atoms with Crippen LogP contribution >= 0.6 is 0 Å². The standard InChI is InChI=1S/C25H21F5O/c1-2-3-4-5-15-6-8-19-17(10-15)11-18-12-21(22(26)14-20(18)19)16-7-9-24(23(27)13-16)31-25(28,29)30/h6-10,12-14H,2-5,11H2,1H3. The molecule has 3 aromatic rings. The molecular formula is C25H21F5O. The van der Waals surface area contributed by atoms with Gasteiger partial charge in [-0.25, -0.2) is 8.78 Å². The Morgan fingerprint density at radius 1 is 0.806 bits per heavy atom. The number of unbranched alkanes of at least 4 members (excludes halogenated alkanes) is 2. The molecule has 0 unspecified atom stereocenters. The normalized spacial score (nSPS) is 12.6. The molecule has 0 bridgehead atoms. The molecule has 31 heavy (non-hydrogen) atoms. The predicted molar refractivity (Wildman–Crippen MR) is 110 cm³/mol. The van der Waals surface area contributed by atoms with E-state index < -0.39 is 23.7 Å². The van der Waals surface area contributed by atoms with Gasteiger partial charge in [-0.15, -0.1) is 13.2 Å². The molecule has 6 heteroatoms. The average Bonchev–Trinajstić information content (AvgIpc) is 3.05. The van der Waals surface area contributed by atoms with Crippen molar-refractivity contribution in [3.05, 3.63) is 76.9 Å². The fraction of sp³-hybridized carbons (Fsp3) is 0.280. The minimum Gasteiger partial charge on any atom is -0.403 e. The second-order valence-corrected chi connectivity index (χ2v) is 7.81. The largest absolute Gasteiger partial charge is 0.573 e. The first kappa shape index (κ1) is 21.3. The quantitative estimate of drug-likeness (QED) is 0.223. The highest BCUT2D eigenvalue weighted by Crippen LogP contribution is 2.41. The molecule has 0 spiro atoms. The summed E-state index contributed by atoms with van der Waals surface area (Å²) in [5, 5.41) is 0. The Hall–Kier alpha value is -2.89. The lowest BCUT2D eigenvalue weighted by atomic mass is 9.97. The number of hydrogen-bond donors (Lipinski definition) is 0. The Bertz CT molecular complexity index is 1120. The van der Waals surface area contributed by atoms with E-state index in [9.17, 15) is 22.0 Å². The molecule has 1 aliphatic rings. The molecule has 1 nitrogen and oxygen atoms in total. The van der Waals surface area contributed by atoms with E-state index in [0.717, 1.165) is 53.6 Å². The molecular weight excluding hydrogens is 411 g/mol. The molecule has 0 saturated heterocycles. The van der Waals surface area contributed by atoms with E-state index in [1.165, 1.54) is 24.1 Å². The first-order chi connectivity index (χ1) is 14.7. The van der Waals surface area contributed by atoms with Crippen molar-refractivity contribution in [2.24, 2.45) is 0 Å². The van der Waals surface area contributed by atoms with Gasteiger partial charge in [-0.05, 0) is 76.9 Å². The van der Waals surface area contributed by atoms with Crippen LogP contribution in [0, 0.1) is 11.6 Å². The first-order valence-corrected chi connectivity index (χ1v) is 10.3. The van der Waals surface area contributed by atoms with Gasteiger partial charge in [-0.3, -0.25) is 0 Å². The summed E-state index contributed by atoms with van der Waals surface area (Å²) in [5.41, 5.74) is 5.38. The number of alkyl halides is 3. The second kappa shape index (κ2) is 8.33. The number of hydrogen-bond acceptors (Lipinski definition) is 1. The van der Waals surface area contributed by atoms with Crippen molar-refractivity contribution in [3.8, 4) is 28.0 Å². The molecule has 0 saturated carbocycles. The van der Waals surface area contributed by atoms with E-state index in [1.54, 1.807) is 6.07 Å². The average molecular weight is 432 g/mol. The van der Waals surface area contributed by atoms with Crippen LogP contribution in [0.15, 0.2) is 48.5 Å². The molecule has 162 valence electrons. The lowest BCUT2D eigenvalue weighted by Crippen LogP contribution is -2.17. The highest BCUT2D eigenvalue weighted by atomic mass is 19.4. The molecule has 0 fully saturated rings. The van der Waals surface area contributed by atoms with Crippen molar-refractivity contribution in [1.82, 2.24) is 0 Å². The summed E-state index contributed by atoms with van der Waals surface area (Å²) >= 11 is 0. The summed E-state index contributed by atoms with van der Waals surface area (Å²) in [6.07, 6.45) is 0.0978. The SMILES string of the molecule is CCCCCc1ccc2c(c1)Cc1cc(-c3ccc(OC(F)(F)F)c(F)c3)c(F)cc1-2. The molecule has 0 aliphatic heterocycles. The lowest BCUT2D eigenvalue weighted by molar-refractivity contribution is -0.275. The third-order valence-electron chi connectivity index (χ3n) is 5.57. The van der Waals surface area contributed by atoms with Crippen LogP contribution < -0.4 is 4.74 Å². The van der Waals surface area contributed by atoms with E-state index in [0.29, 0.717) is 6.42 Å². The summed E-state index contributed by atoms with van der Waals surface area (Å²) in [7, 11) is 0. The molecule has 0 N–H and O–H groups in total. The van der Waals surface area contributed by atoms with Gasteiger partial charge in [0.15, 0.2) is 11.6 Å². The van der Waals surface area contributed by atoms with E-state index >= 15 is 0 Å². The maximum absolute atomic E-state index is 14.9. The Morgan fingerprint density at radius 2 is 1.58 bits per heavy atom. The van der Waals surface area contributed by atoms with Crippen LogP contribution in [0.2, 0.25) is 0 Å². The maximum Gasteiger partial charge on any atom is 0.573 e. The van der Waals surface area contributed by atoms with Crippen molar-refractivity contribution < 1.29 is 26.7 Å². The van der Waals surface area contributed by atoms with Crippen LogP contribution in [0.5, 0.6) is 5.75 Å². The van der Waals surface area contributed by atoms with Crippen molar-refractivity contribution in [3.63, 3.8) is 0 Å². The van der Waals surface area contributed by atoms with Gasteiger partial charge >= 0.3 is 6.36 Å². The fourth-order valence-corrected chi connectivity index (χ4v) is 4.11. The van der Waals surface area contributed by atoms with Gasteiger partial charge in [0.2, 0.25) is 0 Å². The van der Waals surface area contributed by atoms with Crippen molar-refractivity contribution >= 4 is 0 Å². The Kier molecular flexibility index (Phi) is 5.73. The highest BCUT2D eigenvalue weighted by Gasteiger charge is 2.32. The number of fused-ring (bicyclic) bond motifs is 3. The van der Waals surface area contributed by atoms with Gasteiger partial charge in [0.25, 0.3) is 0 Å². The van der Waals surface area contributed by atoms with Crippen LogP contribution in [0.1, 0.15) is 42.9 Å². The maximum atomic E-state index is 14.9. The van der Waals surface area contributed by atoms with Gasteiger partial charge in [-0.1, -0.05) is 44.0 Å². The smallest absolute Gasteiger partial charge is 0.403 e. The summed E-state index contributed by atoms with van der Waals surface area (Å²) in [6, 6.07) is 12.3. The van der Waals surface area contributed by atoms with Crippen LogP contribution in [0.3, 0.4) is 0 Å². The number of halogens is 5. The van der Waals surface area contributed by atoms with E-state index in [-0.39, 0.29) is 11.1 Å². The summed E-state index contributed by atoms with van der Waals surface area (Å²) < 4.78 is 69.7. The summed E-state index contributed by atoms with van der Waals surface area (Å²) in [6.45, 7) is 2.16. The number of benzene rings is 3. The van der Waals surface area contributed by atoms with Crippen LogP contribution in [-0.2, 0) is 12.8 Å². The van der Waals surface area contributed by atoms with E-state index in [2.05, 4.69) is 23.8 Å². The van der Waals surface area contributed by atoms with Crippen LogP contribution in [-0.4, -0.2) is 6.36 Å². The number of ether oxygens (including phenoxy) is 1. The van der Waals surface area contributed by atoms with E-state index in [1.807, 2.05) is 6.07 Å². The predicted octanol–water partition coefficient (Wildman–Crippen LogP) is 7.83. The molecule has 0 amide bonds. The van der Waals surface area contributed by atoms with Gasteiger partial charge in [0.05, 0.1) is 0 Å². The molecule has 0 atom stereocenters. The monoisotopic (exact) mass is 432 g/mol. The second-order valence-electron chi connectivity index (χ2n) is 7.81. The first-order valence-electron chi connectivity index (χ1n) is 10.3. The third kappa shape index (κ3) is 4.58. The molecule has 0 aromatic heterocycles. The zero-order valence-electron chi connectivity index (χ0n) is 17.0. The molecule has 0 radical (unpaired) electrons. The zero-order valence-corrected chi connectivity index (χ0v) is 17.0. The summed E-state index contributed by atoms with van der Waals surface area (Å²) in [4.78, 5) is 0. The molecule has 0 heterocycles. The van der Waals surface area contributed by atoms with Crippen molar-refractivity contribution in [2.75, 3.05) is 0 Å². The molecule has 1 aliphatic carbocycles. The van der Waals surface area contributed by atoms with Gasteiger partial charge in [0.1, 0.15) is 5.82 Å². The van der Waals surface area contributed by atoms with Gasteiger partial charge in [0, 0.05) is 5.56 Å². The van der Waals surface area contributed by atoms with Crippen LogP contribution in [0.4, 0.5) is 22.0 Å². The Balaban J connectivity index is 1.62. The molecule has 4 rings (SSSR count). The Morgan fingerprint density at radius 3 is 2.29 bits per heavy atom. The molecule has 3 aromatic carbocycles. The number of aryl methyl sites for hydroxylation is 1. The number of rotatable bonds is 6. The highest BCUT2D eigenvalue weighted by molar-refractivity contribution is 5.81. The van der Waals surface area contributed by atoms with Crippen LogP contribution in [0.25, 0.3) is 22.3 Å². The van der Waals surface area contributed by atoms with Crippen molar-refractivity contribution in [2.45, 2.75) is 45.4 Å². The lowest BCUT2D eigenvalue weighted by Gasteiger charge is -2.12. The fourth-order valence-electron chi connectivity index (χ4n) is 4.11. The summed E-state index contributed by atoms with van der Waals surface area (Å²) in [5.74, 6) is -2.70. The van der Waals surface area contributed by atoms with Gasteiger partial charge in [-0.2, -0.15) is 0 Å². The topological polar surface area (TPSA) is 9.23 Å². The van der Waals surface area contributed by atoms with Gasteiger partial charge < -0.3 is 4.74 Å². The zero-order chi connectivity index (χ0) is 22.2. The Labute approximate surface area is 177 Å². The minimum absolute atomic E-state index is 0.146. The minimum atomic E-state index is -5.00. The van der Waals surface area contributed by atoms with E-state index in [4.69, 9.17) is 0 Å². The third-order valence-corrected chi connectivity index (χ3v) is 5.57.